The second-order valence-corrected chi connectivity index (χ2v) is 15.8. The lowest BCUT2D eigenvalue weighted by molar-refractivity contribution is 0.00927. The molecule has 262 valence electrons. The summed E-state index contributed by atoms with van der Waals surface area (Å²) in [4.78, 5) is 2.78. The maximum atomic E-state index is 7.19. The van der Waals surface area contributed by atoms with Crippen molar-refractivity contribution < 1.29 is 9.47 Å². The Balaban J connectivity index is 1.08. The number of hydrogen-bond acceptors (Lipinski definition) is 4. The lowest BCUT2D eigenvalue weighted by Crippen LogP contribution is -2.59. The first-order valence-corrected chi connectivity index (χ1v) is 19.5. The fourth-order valence-electron chi connectivity index (χ4n) is 11.1. The predicted octanol–water partition coefficient (Wildman–Crippen LogP) is 9.61. The van der Waals surface area contributed by atoms with Gasteiger partial charge in [-0.2, -0.15) is 0 Å². The molecule has 1 spiro atoms. The molecule has 10 atom stereocenters. The average molecular weight is 685 g/mol. The Morgan fingerprint density at radius 3 is 2.56 bits per heavy atom. The standard InChI is InChI=1S/C48H48N2O2/c1-31(13-12-28-49)32-24-26-40-45(29-32)51-43-22-9-6-19-38(43)48(40)39-20-7-10-23-44(39)52-46-30-33(25-27-41(46)48)35-17-11-18-37-36-16-5-8-21-42(36)50(47(35)37)34-14-3-2-4-15-34/h2-11,13-14,16,18-27,29,33-35,37-38,41,43,46-47H,12,15,17,28,30,49H2,1H3/b31-13+. The lowest BCUT2D eigenvalue weighted by Gasteiger charge is -2.57. The summed E-state index contributed by atoms with van der Waals surface area (Å²) in [5.41, 5.74) is 13.4. The molecule has 4 aliphatic carbocycles. The highest BCUT2D eigenvalue weighted by atomic mass is 16.5. The Kier molecular flexibility index (Phi) is 7.79. The molecule has 10 unspecified atom stereocenters. The number of para-hydroxylation sites is 2. The smallest absolute Gasteiger partial charge is 0.125 e. The van der Waals surface area contributed by atoms with Gasteiger partial charge in [0.25, 0.3) is 0 Å². The van der Waals surface area contributed by atoms with Crippen LogP contribution < -0.4 is 20.1 Å². The summed E-state index contributed by atoms with van der Waals surface area (Å²) in [7, 11) is 0. The van der Waals surface area contributed by atoms with Crippen LogP contribution in [0, 0.1) is 23.7 Å². The predicted molar refractivity (Wildman–Crippen MR) is 212 cm³/mol. The number of fused-ring (bicyclic) bond motifs is 11. The van der Waals surface area contributed by atoms with E-state index in [0.29, 0.717) is 36.4 Å². The zero-order chi connectivity index (χ0) is 34.8. The van der Waals surface area contributed by atoms with E-state index in [-0.39, 0.29) is 29.5 Å². The number of allylic oxidation sites excluding steroid dienone is 7. The first kappa shape index (κ1) is 31.9. The van der Waals surface area contributed by atoms with E-state index >= 15 is 0 Å². The van der Waals surface area contributed by atoms with Crippen molar-refractivity contribution >= 4 is 11.3 Å². The number of anilines is 1. The van der Waals surface area contributed by atoms with Crippen LogP contribution in [0.15, 0.2) is 146 Å². The molecule has 7 aliphatic rings. The highest BCUT2D eigenvalue weighted by Crippen LogP contribution is 2.62. The first-order valence-electron chi connectivity index (χ1n) is 19.5. The van der Waals surface area contributed by atoms with Crippen molar-refractivity contribution in [3.05, 3.63) is 168 Å². The van der Waals surface area contributed by atoms with E-state index in [2.05, 4.69) is 158 Å². The summed E-state index contributed by atoms with van der Waals surface area (Å²) in [5.74, 6) is 3.58. The zero-order valence-electron chi connectivity index (χ0n) is 29.9. The number of ether oxygens (including phenoxy) is 2. The van der Waals surface area contributed by atoms with Crippen LogP contribution in [0.3, 0.4) is 0 Å². The monoisotopic (exact) mass is 684 g/mol. The van der Waals surface area contributed by atoms with Crippen molar-refractivity contribution in [3.8, 4) is 11.5 Å². The van der Waals surface area contributed by atoms with E-state index in [1.54, 1.807) is 0 Å². The summed E-state index contributed by atoms with van der Waals surface area (Å²) >= 11 is 0. The minimum Gasteiger partial charge on any atom is -0.489 e. The third-order valence-corrected chi connectivity index (χ3v) is 13.3. The minimum absolute atomic E-state index is 0.0424. The van der Waals surface area contributed by atoms with Gasteiger partial charge in [0, 0.05) is 46.0 Å². The van der Waals surface area contributed by atoms with Crippen LogP contribution in [0.1, 0.15) is 60.8 Å². The van der Waals surface area contributed by atoms with Crippen molar-refractivity contribution in [2.45, 2.75) is 68.2 Å². The van der Waals surface area contributed by atoms with Crippen LogP contribution in [0.2, 0.25) is 0 Å². The maximum absolute atomic E-state index is 7.19. The summed E-state index contributed by atoms with van der Waals surface area (Å²) in [6.07, 6.45) is 34.6. The van der Waals surface area contributed by atoms with Crippen molar-refractivity contribution in [1.29, 1.82) is 0 Å². The average Bonchev–Trinajstić information content (AvgIpc) is 3.54. The van der Waals surface area contributed by atoms with E-state index < -0.39 is 0 Å². The van der Waals surface area contributed by atoms with Gasteiger partial charge in [0.15, 0.2) is 0 Å². The molecule has 0 saturated heterocycles. The molecule has 2 N–H and O–H groups in total. The van der Waals surface area contributed by atoms with E-state index in [0.717, 1.165) is 37.2 Å². The zero-order valence-corrected chi connectivity index (χ0v) is 29.9. The van der Waals surface area contributed by atoms with E-state index in [9.17, 15) is 0 Å². The lowest BCUT2D eigenvalue weighted by atomic mass is 9.51. The molecule has 3 aromatic rings. The maximum Gasteiger partial charge on any atom is 0.125 e. The van der Waals surface area contributed by atoms with Crippen molar-refractivity contribution in [1.82, 2.24) is 0 Å². The van der Waals surface area contributed by atoms with Gasteiger partial charge in [0.1, 0.15) is 23.7 Å². The van der Waals surface area contributed by atoms with Gasteiger partial charge in [-0.25, -0.2) is 0 Å². The quantitative estimate of drug-likeness (QED) is 0.272. The van der Waals surface area contributed by atoms with Gasteiger partial charge in [-0.1, -0.05) is 121 Å². The molecule has 3 aromatic carbocycles. The summed E-state index contributed by atoms with van der Waals surface area (Å²) in [6.45, 7) is 2.83. The molecule has 0 radical (unpaired) electrons. The number of nitrogens with two attached hydrogens (primary N) is 1. The molecule has 52 heavy (non-hydrogen) atoms. The summed E-state index contributed by atoms with van der Waals surface area (Å²) in [5, 5.41) is 0. The van der Waals surface area contributed by atoms with E-state index in [4.69, 9.17) is 15.2 Å². The largest absolute Gasteiger partial charge is 0.489 e. The Morgan fingerprint density at radius 2 is 1.65 bits per heavy atom. The molecule has 0 saturated carbocycles. The summed E-state index contributed by atoms with van der Waals surface area (Å²) in [6, 6.07) is 25.7. The van der Waals surface area contributed by atoms with Crippen LogP contribution in [-0.2, 0) is 5.41 Å². The molecule has 3 heterocycles. The Bertz CT molecular complexity index is 2100. The molecular formula is C48H48N2O2. The van der Waals surface area contributed by atoms with E-state index in [1.807, 2.05) is 0 Å². The fraction of sp³-hybridized carbons (Fsp3) is 0.333. The van der Waals surface area contributed by atoms with Gasteiger partial charge in [0.2, 0.25) is 0 Å². The van der Waals surface area contributed by atoms with Crippen LogP contribution in [-0.4, -0.2) is 30.8 Å². The van der Waals surface area contributed by atoms with Crippen LogP contribution in [0.4, 0.5) is 5.69 Å². The van der Waals surface area contributed by atoms with E-state index in [1.165, 1.54) is 33.5 Å². The number of benzene rings is 3. The van der Waals surface area contributed by atoms with Gasteiger partial charge in [-0.3, -0.25) is 0 Å². The Hall–Kier alpha value is -4.80. The molecule has 4 heteroatoms. The number of hydrogen-bond donors (Lipinski definition) is 1. The van der Waals surface area contributed by atoms with Crippen molar-refractivity contribution in [2.24, 2.45) is 29.4 Å². The molecule has 4 nitrogen and oxygen atoms in total. The first-order chi connectivity index (χ1) is 25.7. The number of rotatable bonds is 5. The highest BCUT2D eigenvalue weighted by Gasteiger charge is 2.60. The molecule has 0 amide bonds. The van der Waals surface area contributed by atoms with Gasteiger partial charge >= 0.3 is 0 Å². The third-order valence-electron chi connectivity index (χ3n) is 13.3. The SMILES string of the molecule is C/C(=C\CCN)c1ccc2c(c1)OC1C=CC=CC1C21c2ccccc2OC2CC(C3CC=CC4c5ccccc5N(C5C=CC=CC5)C43)C=CC21. The van der Waals surface area contributed by atoms with Gasteiger partial charge in [-0.05, 0) is 92.0 Å². The van der Waals surface area contributed by atoms with Crippen LogP contribution >= 0.6 is 0 Å². The van der Waals surface area contributed by atoms with Crippen LogP contribution in [0.5, 0.6) is 11.5 Å². The molecule has 0 fully saturated rings. The molecule has 3 aliphatic heterocycles. The van der Waals surface area contributed by atoms with Gasteiger partial charge in [0.05, 0.1) is 6.04 Å². The minimum atomic E-state index is -0.336. The second-order valence-electron chi connectivity index (χ2n) is 15.8. The molecule has 0 aromatic heterocycles. The van der Waals surface area contributed by atoms with Gasteiger partial charge in [-0.15, -0.1) is 0 Å². The second kappa shape index (κ2) is 12.7. The Labute approximate surface area is 308 Å². The Morgan fingerprint density at radius 1 is 0.808 bits per heavy atom. The van der Waals surface area contributed by atoms with Crippen LogP contribution in [0.25, 0.3) is 5.57 Å². The topological polar surface area (TPSA) is 47.7 Å². The van der Waals surface area contributed by atoms with Crippen molar-refractivity contribution in [3.63, 3.8) is 0 Å². The molecule has 10 rings (SSSR count). The summed E-state index contributed by atoms with van der Waals surface area (Å²) < 4.78 is 14.1. The highest BCUT2D eigenvalue weighted by molar-refractivity contribution is 5.69. The van der Waals surface area contributed by atoms with Crippen molar-refractivity contribution in [2.75, 3.05) is 11.4 Å². The van der Waals surface area contributed by atoms with Gasteiger partial charge < -0.3 is 20.1 Å². The third kappa shape index (κ3) is 4.76. The normalized spacial score (nSPS) is 34.5. The number of nitrogens with zero attached hydrogens (tertiary/aromatic N) is 1. The molecule has 0 bridgehead atoms. The fourth-order valence-corrected chi connectivity index (χ4v) is 11.1. The molecular weight excluding hydrogens is 637 g/mol.